The van der Waals surface area contributed by atoms with Crippen LogP contribution >= 0.6 is 0 Å². The van der Waals surface area contributed by atoms with Gasteiger partial charge in [0.25, 0.3) is 0 Å². The van der Waals surface area contributed by atoms with Gasteiger partial charge in [-0.15, -0.1) is 0 Å². The monoisotopic (exact) mass is 260 g/mol. The third-order valence-corrected chi connectivity index (χ3v) is 3.64. The molecule has 1 aromatic rings. The number of anilines is 1. The van der Waals surface area contributed by atoms with E-state index in [0.29, 0.717) is 0 Å². The zero-order valence-electron chi connectivity index (χ0n) is 9.67. The van der Waals surface area contributed by atoms with E-state index in [-0.39, 0.29) is 23.2 Å². The SMILES string of the molecule is COC(C)CNS(=O)(=O)c1cnccc1NN. The summed E-state index contributed by atoms with van der Waals surface area (Å²) >= 11 is 0. The number of nitrogens with one attached hydrogen (secondary N) is 2. The minimum atomic E-state index is -3.64. The summed E-state index contributed by atoms with van der Waals surface area (Å²) in [4.78, 5) is 3.77. The molecule has 4 N–H and O–H groups in total. The fraction of sp³-hybridized carbons (Fsp3) is 0.444. The number of methoxy groups -OCH3 is 1. The van der Waals surface area contributed by atoms with E-state index < -0.39 is 10.0 Å². The van der Waals surface area contributed by atoms with Crippen molar-refractivity contribution in [2.24, 2.45) is 5.84 Å². The van der Waals surface area contributed by atoms with Crippen molar-refractivity contribution in [2.75, 3.05) is 19.1 Å². The van der Waals surface area contributed by atoms with Crippen molar-refractivity contribution in [2.45, 2.75) is 17.9 Å². The average molecular weight is 260 g/mol. The van der Waals surface area contributed by atoms with E-state index >= 15 is 0 Å². The van der Waals surface area contributed by atoms with Crippen LogP contribution in [0, 0.1) is 0 Å². The van der Waals surface area contributed by atoms with E-state index in [1.165, 1.54) is 25.6 Å². The number of nitrogens with two attached hydrogens (primary N) is 1. The Bertz CT molecular complexity index is 463. The molecule has 17 heavy (non-hydrogen) atoms. The molecule has 0 spiro atoms. The summed E-state index contributed by atoms with van der Waals surface area (Å²) in [6, 6.07) is 1.48. The molecule has 0 radical (unpaired) electrons. The first-order chi connectivity index (χ1) is 8.01. The topological polar surface area (TPSA) is 106 Å². The van der Waals surface area contributed by atoms with Crippen LogP contribution in [0.1, 0.15) is 6.92 Å². The molecule has 1 unspecified atom stereocenters. The van der Waals surface area contributed by atoms with E-state index in [9.17, 15) is 8.42 Å². The molecule has 0 bridgehead atoms. The second-order valence-electron chi connectivity index (χ2n) is 3.41. The van der Waals surface area contributed by atoms with Crippen LogP contribution in [0.5, 0.6) is 0 Å². The largest absolute Gasteiger partial charge is 0.380 e. The number of nitrogen functional groups attached to an aromatic ring is 1. The molecule has 1 heterocycles. The lowest BCUT2D eigenvalue weighted by molar-refractivity contribution is 0.122. The summed E-state index contributed by atoms with van der Waals surface area (Å²) in [6.07, 6.45) is 2.47. The number of hydrogen-bond acceptors (Lipinski definition) is 6. The van der Waals surface area contributed by atoms with Gasteiger partial charge in [-0.05, 0) is 13.0 Å². The predicted molar refractivity (Wildman–Crippen MR) is 63.7 cm³/mol. The normalized spacial score (nSPS) is 13.4. The van der Waals surface area contributed by atoms with Crippen LogP contribution in [0.4, 0.5) is 5.69 Å². The maximum atomic E-state index is 11.9. The molecule has 0 saturated heterocycles. The lowest BCUT2D eigenvalue weighted by Crippen LogP contribution is -2.32. The molecule has 8 heteroatoms. The third kappa shape index (κ3) is 3.63. The van der Waals surface area contributed by atoms with E-state index in [2.05, 4.69) is 15.1 Å². The van der Waals surface area contributed by atoms with Crippen molar-refractivity contribution >= 4 is 15.7 Å². The lowest BCUT2D eigenvalue weighted by Gasteiger charge is -2.13. The number of pyridine rings is 1. The fourth-order valence-electron chi connectivity index (χ4n) is 1.10. The van der Waals surface area contributed by atoms with Crippen LogP contribution in [0.25, 0.3) is 0 Å². The Morgan fingerprint density at radius 2 is 2.29 bits per heavy atom. The number of sulfonamides is 1. The van der Waals surface area contributed by atoms with Crippen molar-refractivity contribution < 1.29 is 13.2 Å². The van der Waals surface area contributed by atoms with E-state index in [1.807, 2.05) is 0 Å². The smallest absolute Gasteiger partial charge is 0.244 e. The van der Waals surface area contributed by atoms with Crippen LogP contribution < -0.4 is 16.0 Å². The van der Waals surface area contributed by atoms with Gasteiger partial charge in [0.05, 0.1) is 11.8 Å². The van der Waals surface area contributed by atoms with E-state index in [4.69, 9.17) is 10.6 Å². The Kier molecular flexibility index (Phi) is 4.82. The summed E-state index contributed by atoms with van der Waals surface area (Å²) in [7, 11) is -2.13. The van der Waals surface area contributed by atoms with Gasteiger partial charge in [0.2, 0.25) is 10.0 Å². The van der Waals surface area contributed by atoms with Crippen molar-refractivity contribution in [1.29, 1.82) is 0 Å². The molecule has 1 atom stereocenters. The molecule has 0 amide bonds. The molecule has 0 aliphatic rings. The molecule has 0 aliphatic carbocycles. The highest BCUT2D eigenvalue weighted by Crippen LogP contribution is 2.17. The minimum absolute atomic E-state index is 0.00537. The zero-order valence-corrected chi connectivity index (χ0v) is 10.5. The number of nitrogens with zero attached hydrogens (tertiary/aromatic N) is 1. The Balaban J connectivity index is 2.89. The Morgan fingerprint density at radius 3 is 2.88 bits per heavy atom. The molecular weight excluding hydrogens is 244 g/mol. The number of ether oxygens (including phenoxy) is 1. The third-order valence-electron chi connectivity index (χ3n) is 2.19. The first-order valence-electron chi connectivity index (χ1n) is 4.94. The molecule has 1 rings (SSSR count). The van der Waals surface area contributed by atoms with Crippen LogP contribution in [0.3, 0.4) is 0 Å². The molecule has 0 aromatic carbocycles. The first kappa shape index (κ1) is 13.8. The van der Waals surface area contributed by atoms with Crippen LogP contribution in [0.15, 0.2) is 23.4 Å². The van der Waals surface area contributed by atoms with E-state index in [1.54, 1.807) is 6.92 Å². The van der Waals surface area contributed by atoms with Gasteiger partial charge >= 0.3 is 0 Å². The van der Waals surface area contributed by atoms with Crippen LogP contribution in [0.2, 0.25) is 0 Å². The highest BCUT2D eigenvalue weighted by Gasteiger charge is 2.18. The van der Waals surface area contributed by atoms with Gasteiger partial charge < -0.3 is 10.2 Å². The van der Waals surface area contributed by atoms with Crippen molar-refractivity contribution in [1.82, 2.24) is 9.71 Å². The summed E-state index contributed by atoms with van der Waals surface area (Å²) in [6.45, 7) is 1.94. The lowest BCUT2D eigenvalue weighted by atomic mass is 10.4. The average Bonchev–Trinajstić information content (AvgIpc) is 2.35. The maximum absolute atomic E-state index is 11.9. The summed E-state index contributed by atoms with van der Waals surface area (Å²) in [5.74, 6) is 5.23. The second kappa shape index (κ2) is 5.92. The molecule has 1 aromatic heterocycles. The van der Waals surface area contributed by atoms with Gasteiger partial charge in [0.15, 0.2) is 0 Å². The molecule has 0 saturated carbocycles. The van der Waals surface area contributed by atoms with Crippen molar-refractivity contribution in [3.05, 3.63) is 18.5 Å². The van der Waals surface area contributed by atoms with Crippen LogP contribution in [-0.2, 0) is 14.8 Å². The summed E-state index contributed by atoms with van der Waals surface area (Å²) in [5.41, 5.74) is 2.60. The molecule has 0 aliphatic heterocycles. The van der Waals surface area contributed by atoms with Crippen molar-refractivity contribution in [3.63, 3.8) is 0 Å². The first-order valence-corrected chi connectivity index (χ1v) is 6.42. The zero-order chi connectivity index (χ0) is 12.9. The molecule has 96 valence electrons. The Labute approximate surface area is 100 Å². The number of hydrogen-bond donors (Lipinski definition) is 3. The minimum Gasteiger partial charge on any atom is -0.380 e. The van der Waals surface area contributed by atoms with Gasteiger partial charge in [0.1, 0.15) is 4.90 Å². The fourth-order valence-corrected chi connectivity index (χ4v) is 2.33. The highest BCUT2D eigenvalue weighted by atomic mass is 32.2. The highest BCUT2D eigenvalue weighted by molar-refractivity contribution is 7.89. The Hall–Kier alpha value is -1.22. The number of rotatable bonds is 6. The summed E-state index contributed by atoms with van der Waals surface area (Å²) in [5, 5.41) is 0. The molecular formula is C9H16N4O3S. The van der Waals surface area contributed by atoms with Gasteiger partial charge in [-0.3, -0.25) is 10.8 Å². The predicted octanol–water partition coefficient (Wildman–Crippen LogP) is -0.320. The standard InChI is InChI=1S/C9H16N4O3S/c1-7(16-2)5-12-17(14,15)9-6-11-4-3-8(9)13-10/h3-4,6-7,12H,5,10H2,1-2H3,(H,11,13). The van der Waals surface area contributed by atoms with Crippen molar-refractivity contribution in [3.8, 4) is 0 Å². The van der Waals surface area contributed by atoms with Gasteiger partial charge in [-0.25, -0.2) is 13.1 Å². The number of hydrazine groups is 1. The van der Waals surface area contributed by atoms with Gasteiger partial charge in [0, 0.05) is 26.0 Å². The summed E-state index contributed by atoms with van der Waals surface area (Å²) < 4.78 is 31.2. The quantitative estimate of drug-likeness (QED) is 0.478. The van der Waals surface area contributed by atoms with E-state index in [0.717, 1.165) is 0 Å². The maximum Gasteiger partial charge on any atom is 0.244 e. The van der Waals surface area contributed by atoms with Gasteiger partial charge in [-0.1, -0.05) is 0 Å². The molecule has 0 fully saturated rings. The second-order valence-corrected chi connectivity index (χ2v) is 5.15. The number of aromatic nitrogens is 1. The van der Waals surface area contributed by atoms with Crippen LogP contribution in [-0.4, -0.2) is 33.2 Å². The molecule has 7 nitrogen and oxygen atoms in total. The van der Waals surface area contributed by atoms with Gasteiger partial charge in [-0.2, -0.15) is 0 Å². The Morgan fingerprint density at radius 1 is 1.59 bits per heavy atom.